The number of nitrogens with zero attached hydrogens (tertiary/aromatic N) is 1. The monoisotopic (exact) mass is 258 g/mol. The molecule has 1 atom stereocenters. The number of benzene rings is 1. The van der Waals surface area contributed by atoms with E-state index in [-0.39, 0.29) is 6.04 Å². The smallest absolute Gasteiger partial charge is 0.0440 e. The third kappa shape index (κ3) is 2.04. The largest absolute Gasteiger partial charge is 0.367 e. The van der Waals surface area contributed by atoms with Crippen molar-refractivity contribution in [1.82, 2.24) is 0 Å². The van der Waals surface area contributed by atoms with Crippen molar-refractivity contribution in [2.24, 2.45) is 5.73 Å². The van der Waals surface area contributed by atoms with E-state index in [4.69, 9.17) is 5.73 Å². The van der Waals surface area contributed by atoms with E-state index in [1.807, 2.05) is 11.3 Å². The minimum absolute atomic E-state index is 0.0880. The van der Waals surface area contributed by atoms with Crippen LogP contribution < -0.4 is 10.6 Å². The molecule has 18 heavy (non-hydrogen) atoms. The van der Waals surface area contributed by atoms with Crippen LogP contribution in [0.5, 0.6) is 0 Å². The zero-order valence-electron chi connectivity index (χ0n) is 10.6. The molecule has 0 saturated carbocycles. The molecule has 2 N–H and O–H groups in total. The number of nitrogens with two attached hydrogens (primary N) is 1. The van der Waals surface area contributed by atoms with Crippen LogP contribution >= 0.6 is 11.3 Å². The molecule has 0 bridgehead atoms. The van der Waals surface area contributed by atoms with Crippen molar-refractivity contribution in [3.05, 3.63) is 51.7 Å². The van der Waals surface area contributed by atoms with Crippen LogP contribution in [0.1, 0.15) is 29.0 Å². The van der Waals surface area contributed by atoms with Crippen molar-refractivity contribution in [2.75, 3.05) is 11.4 Å². The molecule has 3 heteroatoms. The van der Waals surface area contributed by atoms with Crippen LogP contribution in [-0.2, 0) is 13.0 Å². The SMILES string of the molecule is C[C@H](N)c1ccccc1N1CCc2sccc2C1. The maximum absolute atomic E-state index is 6.07. The molecule has 0 unspecified atom stereocenters. The lowest BCUT2D eigenvalue weighted by molar-refractivity contribution is 0.725. The summed E-state index contributed by atoms with van der Waals surface area (Å²) in [4.78, 5) is 4.00. The minimum Gasteiger partial charge on any atom is -0.367 e. The highest BCUT2D eigenvalue weighted by Gasteiger charge is 2.19. The van der Waals surface area contributed by atoms with Crippen LogP contribution in [-0.4, -0.2) is 6.54 Å². The fourth-order valence-corrected chi connectivity index (χ4v) is 3.50. The van der Waals surface area contributed by atoms with Crippen LogP contribution in [0.25, 0.3) is 0 Å². The molecule has 2 aromatic rings. The molecule has 1 aromatic heterocycles. The van der Waals surface area contributed by atoms with Gasteiger partial charge in [0, 0.05) is 29.7 Å². The van der Waals surface area contributed by atoms with Crippen molar-refractivity contribution in [3.8, 4) is 0 Å². The first-order valence-corrected chi connectivity index (χ1v) is 7.28. The Morgan fingerprint density at radius 1 is 1.28 bits per heavy atom. The van der Waals surface area contributed by atoms with Crippen LogP contribution in [0.15, 0.2) is 35.7 Å². The molecule has 0 aliphatic carbocycles. The third-order valence-electron chi connectivity index (χ3n) is 3.58. The van der Waals surface area contributed by atoms with Crippen molar-refractivity contribution >= 4 is 17.0 Å². The second kappa shape index (κ2) is 4.75. The van der Waals surface area contributed by atoms with E-state index in [0.29, 0.717) is 0 Å². The van der Waals surface area contributed by atoms with Crippen LogP contribution in [0, 0.1) is 0 Å². The van der Waals surface area contributed by atoms with E-state index in [9.17, 15) is 0 Å². The summed E-state index contributed by atoms with van der Waals surface area (Å²) in [7, 11) is 0. The van der Waals surface area contributed by atoms with Crippen LogP contribution in [0.3, 0.4) is 0 Å². The van der Waals surface area contributed by atoms with Crippen molar-refractivity contribution < 1.29 is 0 Å². The number of para-hydroxylation sites is 1. The molecule has 2 nitrogen and oxygen atoms in total. The maximum Gasteiger partial charge on any atom is 0.0440 e. The third-order valence-corrected chi connectivity index (χ3v) is 4.60. The van der Waals surface area contributed by atoms with Gasteiger partial charge in [0.1, 0.15) is 0 Å². The number of hydrogen-bond donors (Lipinski definition) is 1. The second-order valence-corrected chi connectivity index (χ2v) is 5.89. The Morgan fingerprint density at radius 3 is 2.94 bits per heavy atom. The molecule has 0 radical (unpaired) electrons. The van der Waals surface area contributed by atoms with E-state index in [1.165, 1.54) is 16.8 Å². The number of thiophene rings is 1. The molecule has 0 saturated heterocycles. The van der Waals surface area contributed by atoms with Gasteiger partial charge in [-0.15, -0.1) is 11.3 Å². The summed E-state index contributed by atoms with van der Waals surface area (Å²) < 4.78 is 0. The van der Waals surface area contributed by atoms with Crippen LogP contribution in [0.4, 0.5) is 5.69 Å². The van der Waals surface area contributed by atoms with Gasteiger partial charge in [-0.2, -0.15) is 0 Å². The Kier molecular flexibility index (Phi) is 3.10. The summed E-state index contributed by atoms with van der Waals surface area (Å²) in [6, 6.07) is 10.8. The summed E-state index contributed by atoms with van der Waals surface area (Å²) in [5.41, 5.74) is 10.1. The van der Waals surface area contributed by atoms with E-state index >= 15 is 0 Å². The second-order valence-electron chi connectivity index (χ2n) is 4.89. The lowest BCUT2D eigenvalue weighted by Crippen LogP contribution is -2.30. The van der Waals surface area contributed by atoms with Crippen molar-refractivity contribution in [2.45, 2.75) is 25.9 Å². The molecule has 1 aliphatic rings. The first-order valence-electron chi connectivity index (χ1n) is 6.40. The minimum atomic E-state index is 0.0880. The van der Waals surface area contributed by atoms with E-state index < -0.39 is 0 Å². The van der Waals surface area contributed by atoms with Gasteiger partial charge in [0.25, 0.3) is 0 Å². The number of fused-ring (bicyclic) bond motifs is 1. The van der Waals surface area contributed by atoms with Gasteiger partial charge in [0.2, 0.25) is 0 Å². The summed E-state index contributed by atoms with van der Waals surface area (Å²) in [6.45, 7) is 4.17. The van der Waals surface area contributed by atoms with Gasteiger partial charge in [-0.25, -0.2) is 0 Å². The van der Waals surface area contributed by atoms with E-state index in [1.54, 1.807) is 4.88 Å². The van der Waals surface area contributed by atoms with Crippen molar-refractivity contribution in [1.29, 1.82) is 0 Å². The quantitative estimate of drug-likeness (QED) is 0.895. The van der Waals surface area contributed by atoms with Gasteiger partial charge in [-0.3, -0.25) is 0 Å². The predicted molar refractivity (Wildman–Crippen MR) is 78.1 cm³/mol. The summed E-state index contributed by atoms with van der Waals surface area (Å²) in [5.74, 6) is 0. The molecule has 2 heterocycles. The average molecular weight is 258 g/mol. The Hall–Kier alpha value is -1.32. The molecule has 3 rings (SSSR count). The predicted octanol–water partition coefficient (Wildman–Crippen LogP) is 3.33. The van der Waals surface area contributed by atoms with Gasteiger partial charge in [0.05, 0.1) is 0 Å². The van der Waals surface area contributed by atoms with E-state index in [2.05, 4.69) is 47.5 Å². The molecule has 94 valence electrons. The zero-order chi connectivity index (χ0) is 12.5. The first kappa shape index (κ1) is 11.8. The summed E-state index contributed by atoms with van der Waals surface area (Å²) in [6.07, 6.45) is 1.15. The summed E-state index contributed by atoms with van der Waals surface area (Å²) in [5, 5.41) is 2.20. The van der Waals surface area contributed by atoms with Gasteiger partial charge in [-0.1, -0.05) is 18.2 Å². The Morgan fingerprint density at radius 2 is 2.11 bits per heavy atom. The van der Waals surface area contributed by atoms with Crippen molar-refractivity contribution in [3.63, 3.8) is 0 Å². The topological polar surface area (TPSA) is 29.3 Å². The highest BCUT2D eigenvalue weighted by atomic mass is 32.1. The van der Waals surface area contributed by atoms with Gasteiger partial charge >= 0.3 is 0 Å². The fourth-order valence-electron chi connectivity index (χ4n) is 2.61. The van der Waals surface area contributed by atoms with Gasteiger partial charge in [0.15, 0.2) is 0 Å². The normalized spacial score (nSPS) is 16.4. The zero-order valence-corrected chi connectivity index (χ0v) is 11.4. The maximum atomic E-state index is 6.07. The fraction of sp³-hybridized carbons (Fsp3) is 0.333. The summed E-state index contributed by atoms with van der Waals surface area (Å²) >= 11 is 1.88. The Balaban J connectivity index is 1.93. The number of rotatable bonds is 2. The molecular weight excluding hydrogens is 240 g/mol. The standard InChI is InChI=1S/C15H18N2S/c1-11(16)13-4-2-3-5-14(13)17-8-6-15-12(10-17)7-9-18-15/h2-5,7,9,11H,6,8,10,16H2,1H3/t11-/m0/s1. The van der Waals surface area contributed by atoms with Gasteiger partial charge in [-0.05, 0) is 42.0 Å². The molecule has 0 spiro atoms. The lowest BCUT2D eigenvalue weighted by Gasteiger charge is -2.31. The number of hydrogen-bond acceptors (Lipinski definition) is 3. The molecule has 1 aromatic carbocycles. The molecule has 1 aliphatic heterocycles. The van der Waals surface area contributed by atoms with E-state index in [0.717, 1.165) is 19.5 Å². The lowest BCUT2D eigenvalue weighted by atomic mass is 10.0. The highest BCUT2D eigenvalue weighted by molar-refractivity contribution is 7.10. The molecule has 0 fully saturated rings. The highest BCUT2D eigenvalue weighted by Crippen LogP contribution is 2.31. The number of anilines is 1. The van der Waals surface area contributed by atoms with Gasteiger partial charge < -0.3 is 10.6 Å². The molecule has 0 amide bonds. The Bertz CT molecular complexity index is 545. The first-order chi connectivity index (χ1) is 8.75. The molecular formula is C15H18N2S. The average Bonchev–Trinajstić information content (AvgIpc) is 2.85. The Labute approximate surface area is 112 Å². The van der Waals surface area contributed by atoms with Crippen LogP contribution in [0.2, 0.25) is 0 Å².